The van der Waals surface area contributed by atoms with Gasteiger partial charge in [-0.25, -0.2) is 0 Å². The van der Waals surface area contributed by atoms with Crippen LogP contribution in [-0.2, 0) is 0 Å². The minimum absolute atomic E-state index is 0.759. The number of hydrogen-bond donors (Lipinski definition) is 0. The molecule has 0 unspecified atom stereocenters. The molecule has 0 aliphatic heterocycles. The number of aryl methyl sites for hydroxylation is 1. The van der Waals surface area contributed by atoms with Gasteiger partial charge in [0.1, 0.15) is 0 Å². The Bertz CT molecular complexity index is 701. The molecule has 0 atom stereocenters. The number of nitrogens with zero attached hydrogens (tertiary/aromatic N) is 4. The van der Waals surface area contributed by atoms with Crippen LogP contribution in [0, 0.1) is 13.8 Å². The number of tetrazole rings is 1. The lowest BCUT2D eigenvalue weighted by Crippen LogP contribution is -2.03. The summed E-state index contributed by atoms with van der Waals surface area (Å²) in [5.41, 5.74) is 4.44. The van der Waals surface area contributed by atoms with Crippen LogP contribution < -0.4 is 0 Å². The van der Waals surface area contributed by atoms with Gasteiger partial charge in [0, 0.05) is 5.56 Å². The van der Waals surface area contributed by atoms with Gasteiger partial charge in [0.15, 0.2) is 5.82 Å². The second-order valence-corrected chi connectivity index (χ2v) is 4.50. The second-order valence-electron chi connectivity index (χ2n) is 4.50. The predicted octanol–water partition coefficient (Wildman–Crippen LogP) is 2.95. The van der Waals surface area contributed by atoms with Gasteiger partial charge >= 0.3 is 0 Å². The minimum atomic E-state index is 0.759. The summed E-state index contributed by atoms with van der Waals surface area (Å²) in [6.07, 6.45) is 0. The molecular weight excluding hydrogens is 236 g/mol. The van der Waals surface area contributed by atoms with Crippen LogP contribution in [0.25, 0.3) is 17.1 Å². The molecule has 0 saturated carbocycles. The van der Waals surface area contributed by atoms with Crippen molar-refractivity contribution < 1.29 is 0 Å². The minimum Gasteiger partial charge on any atom is -0.193 e. The van der Waals surface area contributed by atoms with Crippen molar-refractivity contribution in [1.29, 1.82) is 0 Å². The van der Waals surface area contributed by atoms with E-state index in [0.717, 1.165) is 17.1 Å². The SMILES string of the molecule is Cc1cccc(-n2nnnc2-c2ccccc2)c1C. The van der Waals surface area contributed by atoms with Crippen molar-refractivity contribution in [3.63, 3.8) is 0 Å². The van der Waals surface area contributed by atoms with E-state index in [0.29, 0.717) is 0 Å². The Morgan fingerprint density at radius 3 is 2.47 bits per heavy atom. The van der Waals surface area contributed by atoms with Gasteiger partial charge in [-0.15, -0.1) is 5.10 Å². The van der Waals surface area contributed by atoms with Crippen LogP contribution in [0.5, 0.6) is 0 Å². The smallest absolute Gasteiger partial charge is 0.187 e. The molecule has 4 heteroatoms. The summed E-state index contributed by atoms with van der Waals surface area (Å²) in [4.78, 5) is 0. The third-order valence-electron chi connectivity index (χ3n) is 3.31. The maximum atomic E-state index is 4.14. The van der Waals surface area contributed by atoms with Crippen LogP contribution >= 0.6 is 0 Å². The average Bonchev–Trinajstić information content (AvgIpc) is 2.92. The average molecular weight is 250 g/mol. The summed E-state index contributed by atoms with van der Waals surface area (Å²) in [5.74, 6) is 0.759. The number of benzene rings is 2. The quantitative estimate of drug-likeness (QED) is 0.702. The maximum Gasteiger partial charge on any atom is 0.187 e. The monoisotopic (exact) mass is 250 g/mol. The molecule has 3 rings (SSSR count). The molecule has 1 aromatic heterocycles. The van der Waals surface area contributed by atoms with E-state index in [1.807, 2.05) is 42.5 Å². The summed E-state index contributed by atoms with van der Waals surface area (Å²) in [6, 6.07) is 16.1. The zero-order valence-electron chi connectivity index (χ0n) is 10.9. The van der Waals surface area contributed by atoms with Crippen molar-refractivity contribution in [2.45, 2.75) is 13.8 Å². The molecule has 0 aliphatic carbocycles. The zero-order valence-corrected chi connectivity index (χ0v) is 10.9. The van der Waals surface area contributed by atoms with Crippen LogP contribution in [-0.4, -0.2) is 20.2 Å². The van der Waals surface area contributed by atoms with Crippen molar-refractivity contribution in [3.05, 3.63) is 59.7 Å². The highest BCUT2D eigenvalue weighted by Crippen LogP contribution is 2.22. The lowest BCUT2D eigenvalue weighted by Gasteiger charge is -2.09. The van der Waals surface area contributed by atoms with Crippen molar-refractivity contribution >= 4 is 0 Å². The van der Waals surface area contributed by atoms with Gasteiger partial charge < -0.3 is 0 Å². The van der Waals surface area contributed by atoms with Crippen LogP contribution in [0.2, 0.25) is 0 Å². The third-order valence-corrected chi connectivity index (χ3v) is 3.31. The highest BCUT2D eigenvalue weighted by Gasteiger charge is 2.12. The number of hydrogen-bond acceptors (Lipinski definition) is 3. The van der Waals surface area contributed by atoms with Crippen LogP contribution in [0.1, 0.15) is 11.1 Å². The van der Waals surface area contributed by atoms with Gasteiger partial charge in [-0.1, -0.05) is 42.5 Å². The fourth-order valence-corrected chi connectivity index (χ4v) is 2.08. The fourth-order valence-electron chi connectivity index (χ4n) is 2.08. The Labute approximate surface area is 111 Å². The fraction of sp³-hybridized carbons (Fsp3) is 0.133. The summed E-state index contributed by atoms with van der Waals surface area (Å²) >= 11 is 0. The third kappa shape index (κ3) is 2.01. The maximum absolute atomic E-state index is 4.14. The summed E-state index contributed by atoms with van der Waals surface area (Å²) in [6.45, 7) is 4.17. The molecule has 0 aliphatic rings. The van der Waals surface area contributed by atoms with Gasteiger partial charge in [-0.2, -0.15) is 4.68 Å². The van der Waals surface area contributed by atoms with Gasteiger partial charge in [0.2, 0.25) is 0 Å². The van der Waals surface area contributed by atoms with Crippen molar-refractivity contribution in [1.82, 2.24) is 20.2 Å². The zero-order chi connectivity index (χ0) is 13.2. The Kier molecular flexibility index (Phi) is 2.83. The Morgan fingerprint density at radius 1 is 0.895 bits per heavy atom. The number of rotatable bonds is 2. The van der Waals surface area contributed by atoms with Crippen molar-refractivity contribution in [3.8, 4) is 17.1 Å². The Morgan fingerprint density at radius 2 is 1.68 bits per heavy atom. The molecule has 2 aromatic carbocycles. The second kappa shape index (κ2) is 4.65. The molecule has 3 aromatic rings. The van der Waals surface area contributed by atoms with E-state index in [-0.39, 0.29) is 0 Å². The molecule has 1 heterocycles. The summed E-state index contributed by atoms with van der Waals surface area (Å²) < 4.78 is 1.79. The van der Waals surface area contributed by atoms with Gasteiger partial charge in [-0.3, -0.25) is 0 Å². The van der Waals surface area contributed by atoms with E-state index in [1.54, 1.807) is 4.68 Å². The summed E-state index contributed by atoms with van der Waals surface area (Å²) in [7, 11) is 0. The van der Waals surface area contributed by atoms with E-state index in [1.165, 1.54) is 11.1 Å². The first-order valence-corrected chi connectivity index (χ1v) is 6.18. The predicted molar refractivity (Wildman–Crippen MR) is 74.1 cm³/mol. The van der Waals surface area contributed by atoms with Crippen LogP contribution in [0.4, 0.5) is 0 Å². The molecule has 19 heavy (non-hydrogen) atoms. The molecule has 0 radical (unpaired) electrons. The first-order chi connectivity index (χ1) is 9.27. The highest BCUT2D eigenvalue weighted by molar-refractivity contribution is 5.58. The Balaban J connectivity index is 2.18. The molecule has 0 spiro atoms. The van der Waals surface area contributed by atoms with Crippen molar-refractivity contribution in [2.75, 3.05) is 0 Å². The highest BCUT2D eigenvalue weighted by atomic mass is 15.5. The Hall–Kier alpha value is -2.49. The molecule has 0 saturated heterocycles. The van der Waals surface area contributed by atoms with Gasteiger partial charge in [0.25, 0.3) is 0 Å². The molecule has 94 valence electrons. The van der Waals surface area contributed by atoms with Crippen molar-refractivity contribution in [2.24, 2.45) is 0 Å². The lowest BCUT2D eigenvalue weighted by molar-refractivity contribution is 0.786. The summed E-state index contributed by atoms with van der Waals surface area (Å²) in [5, 5.41) is 12.1. The molecular formula is C15H14N4. The van der Waals surface area contributed by atoms with E-state index in [2.05, 4.69) is 35.4 Å². The molecule has 4 nitrogen and oxygen atoms in total. The van der Waals surface area contributed by atoms with E-state index in [4.69, 9.17) is 0 Å². The standard InChI is InChI=1S/C15H14N4/c1-11-7-6-10-14(12(11)2)19-15(16-17-18-19)13-8-4-3-5-9-13/h3-10H,1-2H3. The molecule has 0 fully saturated rings. The van der Waals surface area contributed by atoms with Crippen LogP contribution in [0.15, 0.2) is 48.5 Å². The normalized spacial score (nSPS) is 10.6. The molecule has 0 bridgehead atoms. The van der Waals surface area contributed by atoms with Gasteiger partial charge in [-0.05, 0) is 41.5 Å². The molecule has 0 amide bonds. The van der Waals surface area contributed by atoms with E-state index in [9.17, 15) is 0 Å². The van der Waals surface area contributed by atoms with Crippen LogP contribution in [0.3, 0.4) is 0 Å². The first kappa shape index (κ1) is 11.6. The molecule has 0 N–H and O–H groups in total. The number of aromatic nitrogens is 4. The lowest BCUT2D eigenvalue weighted by atomic mass is 10.1. The van der Waals surface area contributed by atoms with E-state index < -0.39 is 0 Å². The van der Waals surface area contributed by atoms with Gasteiger partial charge in [0.05, 0.1) is 5.69 Å². The first-order valence-electron chi connectivity index (χ1n) is 6.18. The van der Waals surface area contributed by atoms with E-state index >= 15 is 0 Å². The largest absolute Gasteiger partial charge is 0.193 e. The topological polar surface area (TPSA) is 43.6 Å².